The molecule has 0 aliphatic carbocycles. The molecular weight excluding hydrogens is 309 g/mol. The van der Waals surface area contributed by atoms with Gasteiger partial charge in [-0.2, -0.15) is 0 Å². The third kappa shape index (κ3) is 3.92. The number of halogens is 1. The van der Waals surface area contributed by atoms with Crippen molar-refractivity contribution in [3.05, 3.63) is 65.5 Å². The molecule has 0 bridgehead atoms. The smallest absolute Gasteiger partial charge is 0.254 e. The minimum absolute atomic E-state index is 0.0200. The van der Waals surface area contributed by atoms with E-state index in [1.54, 1.807) is 29.2 Å². The molecule has 0 saturated carbocycles. The molecule has 1 atom stereocenters. The van der Waals surface area contributed by atoms with Gasteiger partial charge in [-0.3, -0.25) is 4.79 Å². The highest BCUT2D eigenvalue weighted by Crippen LogP contribution is 2.21. The quantitative estimate of drug-likeness (QED) is 0.915. The normalized spacial score (nSPS) is 17.0. The fourth-order valence-corrected chi connectivity index (χ4v) is 2.91. The summed E-state index contributed by atoms with van der Waals surface area (Å²) in [7, 11) is 0. The number of para-hydroxylation sites is 1. The summed E-state index contributed by atoms with van der Waals surface area (Å²) in [5, 5.41) is 9.99. The molecule has 4 nitrogen and oxygen atoms in total. The molecule has 1 aliphatic heterocycles. The van der Waals surface area contributed by atoms with Crippen molar-refractivity contribution < 1.29 is 19.0 Å². The van der Waals surface area contributed by atoms with Gasteiger partial charge in [-0.1, -0.05) is 24.3 Å². The number of carbonyl (C=O) groups is 1. The third-order valence-electron chi connectivity index (χ3n) is 4.16. The Bertz CT molecular complexity index is 713. The number of aromatic hydroxyl groups is 1. The van der Waals surface area contributed by atoms with Crippen LogP contribution in [0.1, 0.15) is 28.8 Å². The topological polar surface area (TPSA) is 49.8 Å². The molecule has 1 amide bonds. The zero-order valence-electron chi connectivity index (χ0n) is 13.3. The van der Waals surface area contributed by atoms with Gasteiger partial charge in [0, 0.05) is 30.8 Å². The summed E-state index contributed by atoms with van der Waals surface area (Å²) in [5.41, 5.74) is 0.948. The van der Waals surface area contributed by atoms with Crippen molar-refractivity contribution in [3.63, 3.8) is 0 Å². The summed E-state index contributed by atoms with van der Waals surface area (Å²) in [4.78, 5) is 14.4. The van der Waals surface area contributed by atoms with Gasteiger partial charge in [0.1, 0.15) is 11.6 Å². The van der Waals surface area contributed by atoms with E-state index < -0.39 is 5.82 Å². The number of rotatable bonds is 5. The highest BCUT2D eigenvalue weighted by atomic mass is 19.1. The Morgan fingerprint density at radius 3 is 2.79 bits per heavy atom. The first-order chi connectivity index (χ1) is 11.6. The molecule has 1 unspecified atom stereocenters. The van der Waals surface area contributed by atoms with Crippen molar-refractivity contribution >= 4 is 5.91 Å². The van der Waals surface area contributed by atoms with Crippen LogP contribution in [0.3, 0.4) is 0 Å². The van der Waals surface area contributed by atoms with Gasteiger partial charge in [-0.15, -0.1) is 0 Å². The summed E-state index contributed by atoms with van der Waals surface area (Å²) in [6.07, 6.45) is 1.85. The molecule has 2 aromatic carbocycles. The first-order valence-corrected chi connectivity index (χ1v) is 8.07. The van der Waals surface area contributed by atoms with Gasteiger partial charge in [0.15, 0.2) is 0 Å². The number of ether oxygens (including phenoxy) is 1. The summed E-state index contributed by atoms with van der Waals surface area (Å²) in [5.74, 6) is -0.574. The van der Waals surface area contributed by atoms with Crippen molar-refractivity contribution in [2.24, 2.45) is 0 Å². The van der Waals surface area contributed by atoms with Crippen molar-refractivity contribution in [2.45, 2.75) is 25.5 Å². The molecule has 126 valence electrons. The van der Waals surface area contributed by atoms with Crippen LogP contribution in [0, 0.1) is 5.82 Å². The van der Waals surface area contributed by atoms with E-state index >= 15 is 0 Å². The zero-order valence-corrected chi connectivity index (χ0v) is 13.3. The van der Waals surface area contributed by atoms with Crippen molar-refractivity contribution in [3.8, 4) is 5.75 Å². The lowest BCUT2D eigenvalue weighted by molar-refractivity contribution is 0.0505. The molecular formula is C19H20FNO3. The lowest BCUT2D eigenvalue weighted by Crippen LogP contribution is -2.37. The SMILES string of the molecule is O=C(c1cccc(F)c1)N(Cc1ccccc1O)CC1CCCO1. The lowest BCUT2D eigenvalue weighted by atomic mass is 10.1. The van der Waals surface area contributed by atoms with Gasteiger partial charge in [-0.25, -0.2) is 4.39 Å². The molecule has 1 N–H and O–H groups in total. The Kier molecular flexibility index (Phi) is 5.11. The minimum atomic E-state index is -0.444. The Labute approximate surface area is 140 Å². The maximum absolute atomic E-state index is 13.5. The summed E-state index contributed by atoms with van der Waals surface area (Å²) in [6.45, 7) is 1.37. The van der Waals surface area contributed by atoms with Crippen molar-refractivity contribution in [2.75, 3.05) is 13.2 Å². The molecule has 0 aromatic heterocycles. The maximum atomic E-state index is 13.5. The highest BCUT2D eigenvalue weighted by molar-refractivity contribution is 5.94. The molecule has 0 spiro atoms. The highest BCUT2D eigenvalue weighted by Gasteiger charge is 2.24. The Morgan fingerprint density at radius 2 is 2.08 bits per heavy atom. The summed E-state index contributed by atoms with van der Waals surface area (Å²) < 4.78 is 19.1. The van der Waals surface area contributed by atoms with E-state index in [-0.39, 0.29) is 24.3 Å². The van der Waals surface area contributed by atoms with Crippen LogP contribution in [0.15, 0.2) is 48.5 Å². The van der Waals surface area contributed by atoms with Gasteiger partial charge in [0.05, 0.1) is 6.10 Å². The van der Waals surface area contributed by atoms with Crippen LogP contribution in [0.25, 0.3) is 0 Å². The number of nitrogens with zero attached hydrogens (tertiary/aromatic N) is 1. The monoisotopic (exact) mass is 329 g/mol. The second kappa shape index (κ2) is 7.45. The molecule has 24 heavy (non-hydrogen) atoms. The van der Waals surface area contributed by atoms with Crippen LogP contribution in [0.4, 0.5) is 4.39 Å². The maximum Gasteiger partial charge on any atom is 0.254 e. The van der Waals surface area contributed by atoms with Gasteiger partial charge >= 0.3 is 0 Å². The summed E-state index contributed by atoms with van der Waals surface area (Å²) in [6, 6.07) is 12.6. The Balaban J connectivity index is 1.83. The largest absolute Gasteiger partial charge is 0.508 e. The van der Waals surface area contributed by atoms with Gasteiger partial charge < -0.3 is 14.7 Å². The standard InChI is InChI=1S/C19H20FNO3/c20-16-7-3-6-14(11-16)19(23)21(13-17-8-4-10-24-17)12-15-5-1-2-9-18(15)22/h1-3,5-7,9,11,17,22H,4,8,10,12-13H2. The molecule has 2 aromatic rings. The Hall–Kier alpha value is -2.40. The number of phenolic OH excluding ortho intramolecular Hbond substituents is 1. The van der Waals surface area contributed by atoms with Gasteiger partial charge in [0.2, 0.25) is 0 Å². The molecule has 1 heterocycles. The van der Waals surface area contributed by atoms with Crippen molar-refractivity contribution in [1.82, 2.24) is 4.90 Å². The average molecular weight is 329 g/mol. The van der Waals surface area contributed by atoms with Crippen molar-refractivity contribution in [1.29, 1.82) is 0 Å². The van der Waals surface area contributed by atoms with Crippen LogP contribution < -0.4 is 0 Å². The van der Waals surface area contributed by atoms with E-state index in [4.69, 9.17) is 4.74 Å². The van der Waals surface area contributed by atoms with Crippen LogP contribution in [-0.4, -0.2) is 35.2 Å². The van der Waals surface area contributed by atoms with E-state index in [9.17, 15) is 14.3 Å². The first-order valence-electron chi connectivity index (χ1n) is 8.07. The fourth-order valence-electron chi connectivity index (χ4n) is 2.91. The predicted octanol–water partition coefficient (Wildman–Crippen LogP) is 3.35. The number of benzene rings is 2. The van der Waals surface area contributed by atoms with Gasteiger partial charge in [-0.05, 0) is 37.1 Å². The second-order valence-corrected chi connectivity index (χ2v) is 5.96. The zero-order chi connectivity index (χ0) is 16.9. The fraction of sp³-hybridized carbons (Fsp3) is 0.316. The Morgan fingerprint density at radius 1 is 1.25 bits per heavy atom. The predicted molar refractivity (Wildman–Crippen MR) is 88.2 cm³/mol. The number of hydrogen-bond donors (Lipinski definition) is 1. The number of carbonyl (C=O) groups excluding carboxylic acids is 1. The number of phenols is 1. The van der Waals surface area contributed by atoms with Crippen LogP contribution >= 0.6 is 0 Å². The first kappa shape index (κ1) is 16.5. The lowest BCUT2D eigenvalue weighted by Gasteiger charge is -2.26. The van der Waals surface area contributed by atoms with E-state index in [2.05, 4.69) is 0 Å². The number of hydrogen-bond acceptors (Lipinski definition) is 3. The molecule has 1 fully saturated rings. The minimum Gasteiger partial charge on any atom is -0.508 e. The van der Waals surface area contributed by atoms with Crippen LogP contribution in [0.2, 0.25) is 0 Å². The second-order valence-electron chi connectivity index (χ2n) is 5.96. The van der Waals surface area contributed by atoms with Gasteiger partial charge in [0.25, 0.3) is 5.91 Å². The average Bonchev–Trinajstić information content (AvgIpc) is 3.08. The van der Waals surface area contributed by atoms with E-state index in [0.29, 0.717) is 24.3 Å². The molecule has 5 heteroatoms. The van der Waals surface area contributed by atoms with E-state index in [1.807, 2.05) is 6.07 Å². The molecule has 3 rings (SSSR count). The van der Waals surface area contributed by atoms with E-state index in [1.165, 1.54) is 18.2 Å². The summed E-state index contributed by atoms with van der Waals surface area (Å²) >= 11 is 0. The van der Waals surface area contributed by atoms with E-state index in [0.717, 1.165) is 12.8 Å². The third-order valence-corrected chi connectivity index (χ3v) is 4.16. The number of amides is 1. The van der Waals surface area contributed by atoms with Crippen LogP contribution in [-0.2, 0) is 11.3 Å². The molecule has 0 radical (unpaired) electrons. The van der Waals surface area contributed by atoms with Crippen LogP contribution in [0.5, 0.6) is 5.75 Å². The molecule has 1 aliphatic rings. The molecule has 1 saturated heterocycles.